The molecule has 6 nitrogen and oxygen atoms in total. The van der Waals surface area contributed by atoms with Crippen molar-refractivity contribution in [1.29, 1.82) is 0 Å². The van der Waals surface area contributed by atoms with Gasteiger partial charge >= 0.3 is 0 Å². The van der Waals surface area contributed by atoms with Gasteiger partial charge in [-0.2, -0.15) is 0 Å². The molecule has 0 spiro atoms. The number of aryl methyl sites for hydroxylation is 3. The van der Waals surface area contributed by atoms with E-state index in [9.17, 15) is 21.4 Å². The Hall–Kier alpha value is -5.29. The summed E-state index contributed by atoms with van der Waals surface area (Å²) in [6.45, 7) is 4.81. The van der Waals surface area contributed by atoms with Crippen LogP contribution in [0.2, 0.25) is 10.0 Å². The zero-order chi connectivity index (χ0) is 61.4. The summed E-state index contributed by atoms with van der Waals surface area (Å²) in [5.41, 5.74) is 9.72. The van der Waals surface area contributed by atoms with E-state index in [1.165, 1.54) is 41.0 Å². The highest BCUT2D eigenvalue weighted by molar-refractivity contribution is 9.10. The van der Waals surface area contributed by atoms with Crippen molar-refractivity contribution in [1.82, 2.24) is 16.0 Å². The summed E-state index contributed by atoms with van der Waals surface area (Å²) in [6, 6.07) is 74.9. The summed E-state index contributed by atoms with van der Waals surface area (Å²) in [5.74, 6) is 1.00. The summed E-state index contributed by atoms with van der Waals surface area (Å²) in [7, 11) is -3.29. The molecule has 9 aromatic rings. The van der Waals surface area contributed by atoms with Gasteiger partial charge in [-0.15, -0.1) is 0 Å². The first-order valence-corrected chi connectivity index (χ1v) is 35.8. The number of halogens is 6. The lowest BCUT2D eigenvalue weighted by Gasteiger charge is -2.18. The van der Waals surface area contributed by atoms with E-state index in [-0.39, 0.29) is 22.1 Å². The van der Waals surface area contributed by atoms with Crippen molar-refractivity contribution in [2.24, 2.45) is 0 Å². The Morgan fingerprint density at radius 1 is 0.322 bits per heavy atom. The van der Waals surface area contributed by atoms with Gasteiger partial charge in [-0.25, -0.2) is 8.78 Å². The van der Waals surface area contributed by atoms with E-state index in [0.29, 0.717) is 33.8 Å². The molecular formula is C72H75Br2Cl2F2N3O3S3. The molecule has 3 unspecified atom stereocenters. The zero-order valence-corrected chi connectivity index (χ0v) is 55.7. The van der Waals surface area contributed by atoms with Crippen molar-refractivity contribution in [2.75, 3.05) is 56.5 Å². The van der Waals surface area contributed by atoms with Crippen LogP contribution in [0.1, 0.15) is 85.1 Å². The Morgan fingerprint density at radius 2 is 0.552 bits per heavy atom. The second-order valence-electron chi connectivity index (χ2n) is 20.7. The molecule has 9 rings (SSSR count). The Labute approximate surface area is 548 Å². The quantitative estimate of drug-likeness (QED) is 0.0389. The third-order valence-electron chi connectivity index (χ3n) is 14.3. The minimum Gasteiger partial charge on any atom is -0.316 e. The average Bonchev–Trinajstić information content (AvgIpc) is 2.96. The molecule has 0 bridgehead atoms. The number of hydrogen-bond donors (Lipinski definition) is 3. The lowest BCUT2D eigenvalue weighted by atomic mass is 10.0. The molecule has 3 atom stereocenters. The van der Waals surface area contributed by atoms with Crippen molar-refractivity contribution in [3.8, 4) is 0 Å². The van der Waals surface area contributed by atoms with Gasteiger partial charge in [0.15, 0.2) is 0 Å². The van der Waals surface area contributed by atoms with Crippen LogP contribution in [0.25, 0.3) is 0 Å². The summed E-state index contributed by atoms with van der Waals surface area (Å²) in [5, 5.41) is 10.8. The number of nitrogens with one attached hydrogen (secondary N) is 3. The highest BCUT2D eigenvalue weighted by Crippen LogP contribution is 2.33. The van der Waals surface area contributed by atoms with Crippen LogP contribution in [-0.2, 0) is 51.7 Å². The first kappa shape index (κ1) is 69.2. The van der Waals surface area contributed by atoms with Crippen molar-refractivity contribution < 1.29 is 21.4 Å². The van der Waals surface area contributed by atoms with Gasteiger partial charge in [-0.05, 0) is 181 Å². The monoisotopic (exact) mass is 1390 g/mol. The van der Waals surface area contributed by atoms with E-state index in [1.807, 2.05) is 103 Å². The van der Waals surface area contributed by atoms with E-state index < -0.39 is 37.6 Å². The van der Waals surface area contributed by atoms with Crippen LogP contribution < -0.4 is 16.0 Å². The molecule has 0 fully saturated rings. The van der Waals surface area contributed by atoms with E-state index >= 15 is 0 Å². The standard InChI is InChI=1S/C24H25Br2NOS.C24H25Cl2NOS.C24H25F2NOS/c3*25-22-12-8-20(9-13-22)24(21-10-14-23(26)15-11-21)29(28)18-17-27-16-4-7-19-5-2-1-3-6-19/h3*1-3,5-6,8-15,24,27H,4,7,16-18H2. The fourth-order valence-electron chi connectivity index (χ4n) is 9.75. The average molecular weight is 1400 g/mol. The van der Waals surface area contributed by atoms with Gasteiger partial charge in [0.25, 0.3) is 0 Å². The maximum atomic E-state index is 13.3. The molecule has 0 aliphatic heterocycles. The maximum absolute atomic E-state index is 13.3. The van der Waals surface area contributed by atoms with Crippen LogP contribution in [0.5, 0.6) is 0 Å². The largest absolute Gasteiger partial charge is 0.316 e. The third kappa shape index (κ3) is 24.9. The van der Waals surface area contributed by atoms with E-state index in [2.05, 4.69) is 133 Å². The highest BCUT2D eigenvalue weighted by Gasteiger charge is 2.24. The molecule has 0 saturated carbocycles. The Bertz CT molecular complexity index is 2940. The van der Waals surface area contributed by atoms with Crippen molar-refractivity contribution in [2.45, 2.75) is 54.3 Å². The molecule has 0 aliphatic carbocycles. The fourth-order valence-corrected chi connectivity index (χ4v) is 15.0. The van der Waals surface area contributed by atoms with Crippen molar-refractivity contribution in [3.63, 3.8) is 0 Å². The summed E-state index contributed by atoms with van der Waals surface area (Å²) < 4.78 is 68.1. The molecule has 0 saturated heterocycles. The minimum absolute atomic E-state index is 0.123. The van der Waals surface area contributed by atoms with Crippen LogP contribution in [0, 0.1) is 11.6 Å². The summed E-state index contributed by atoms with van der Waals surface area (Å²) in [4.78, 5) is 0. The highest BCUT2D eigenvalue weighted by atomic mass is 79.9. The maximum Gasteiger partial charge on any atom is 0.123 e. The molecule has 0 amide bonds. The third-order valence-corrected chi connectivity index (χ3v) is 20.8. The molecule has 3 N–H and O–H groups in total. The predicted molar refractivity (Wildman–Crippen MR) is 371 cm³/mol. The predicted octanol–water partition coefficient (Wildman–Crippen LogP) is 17.4. The molecule has 0 aromatic heterocycles. The first-order valence-electron chi connectivity index (χ1n) is 29.3. The molecule has 0 aliphatic rings. The second-order valence-corrected chi connectivity index (χ2v) is 28.3. The van der Waals surface area contributed by atoms with Crippen molar-refractivity contribution >= 4 is 87.5 Å². The van der Waals surface area contributed by atoms with Crippen molar-refractivity contribution in [3.05, 3.63) is 317 Å². The SMILES string of the molecule is O=S(CCNCCCc1ccccc1)C(c1ccc(Br)cc1)c1ccc(Br)cc1.O=S(CCNCCCc1ccccc1)C(c1ccc(Cl)cc1)c1ccc(Cl)cc1.O=S(CCNCCCc1ccccc1)C(c1ccc(F)cc1)c1ccc(F)cc1. The lowest BCUT2D eigenvalue weighted by molar-refractivity contribution is 0.625. The van der Waals surface area contributed by atoms with Gasteiger partial charge in [0.1, 0.15) is 11.6 Å². The smallest absolute Gasteiger partial charge is 0.123 e. The van der Waals surface area contributed by atoms with Gasteiger partial charge in [0, 0.05) is 88.3 Å². The molecule has 87 heavy (non-hydrogen) atoms. The first-order chi connectivity index (χ1) is 42.4. The van der Waals surface area contributed by atoms with E-state index in [4.69, 9.17) is 23.2 Å². The van der Waals surface area contributed by atoms with Crippen LogP contribution >= 0.6 is 55.1 Å². The number of benzene rings is 9. The Kier molecular flexibility index (Phi) is 31.0. The normalized spacial score (nSPS) is 12.2. The molecule has 9 aromatic carbocycles. The molecule has 456 valence electrons. The van der Waals surface area contributed by atoms with Gasteiger partial charge in [0.05, 0.1) is 15.7 Å². The van der Waals surface area contributed by atoms with Gasteiger partial charge < -0.3 is 16.0 Å². The Morgan fingerprint density at radius 3 is 0.805 bits per heavy atom. The van der Waals surface area contributed by atoms with Crippen LogP contribution in [0.15, 0.2) is 246 Å². The second kappa shape index (κ2) is 39.0. The van der Waals surface area contributed by atoms with Crippen LogP contribution in [0.3, 0.4) is 0 Å². The molecular weight excluding hydrogens is 1320 g/mol. The lowest BCUT2D eigenvalue weighted by Crippen LogP contribution is -2.24. The minimum atomic E-state index is -1.22. The number of rotatable bonds is 30. The molecule has 0 radical (unpaired) electrons. The van der Waals surface area contributed by atoms with Crippen LogP contribution in [0.4, 0.5) is 8.78 Å². The van der Waals surface area contributed by atoms with Crippen LogP contribution in [-0.4, -0.2) is 69.2 Å². The van der Waals surface area contributed by atoms with Gasteiger partial charge in [0.2, 0.25) is 0 Å². The molecule has 0 heterocycles. The van der Waals surface area contributed by atoms with Gasteiger partial charge in [-0.3, -0.25) is 12.6 Å². The van der Waals surface area contributed by atoms with E-state index in [0.717, 1.165) is 114 Å². The summed E-state index contributed by atoms with van der Waals surface area (Å²) in [6.07, 6.45) is 6.28. The topological polar surface area (TPSA) is 87.3 Å². The van der Waals surface area contributed by atoms with E-state index in [1.54, 1.807) is 24.3 Å². The molecule has 15 heteroatoms. The fraction of sp³-hybridized carbons (Fsp3) is 0.250. The zero-order valence-electron chi connectivity index (χ0n) is 48.6. The summed E-state index contributed by atoms with van der Waals surface area (Å²) >= 11 is 19.0. The van der Waals surface area contributed by atoms with Gasteiger partial charge in [-0.1, -0.05) is 219 Å². The Balaban J connectivity index is 0.000000186. The number of hydrogen-bond acceptors (Lipinski definition) is 6.